The van der Waals surface area contributed by atoms with Crippen LogP contribution in [0.25, 0.3) is 0 Å². The molecule has 25 nitrogen and oxygen atoms in total. The monoisotopic (exact) mass is 1330 g/mol. The molecule has 1 fully saturated rings. The number of ether oxygens (including phenoxy) is 4. The second kappa shape index (κ2) is 50.3. The van der Waals surface area contributed by atoms with Gasteiger partial charge in [-0.25, -0.2) is 4.79 Å². The number of hydrogen-bond acceptors (Lipinski definition) is 19. The lowest BCUT2D eigenvalue weighted by Crippen LogP contribution is -2.46. The Labute approximate surface area is 558 Å². The van der Waals surface area contributed by atoms with Crippen molar-refractivity contribution < 1.29 is 90.9 Å². The van der Waals surface area contributed by atoms with E-state index in [1.165, 1.54) is 19.1 Å². The van der Waals surface area contributed by atoms with Gasteiger partial charge in [-0.1, -0.05) is 106 Å². The highest BCUT2D eigenvalue weighted by atomic mass is 16.8. The molecular weight excluding hydrogens is 1230 g/mol. The van der Waals surface area contributed by atoms with Gasteiger partial charge < -0.3 is 45.0 Å². The van der Waals surface area contributed by atoms with Crippen LogP contribution in [-0.2, 0) is 99.0 Å². The molecule has 0 aromatic heterocycles. The van der Waals surface area contributed by atoms with E-state index in [1.807, 2.05) is 81.4 Å². The van der Waals surface area contributed by atoms with E-state index in [1.54, 1.807) is 14.0 Å². The Bertz CT molecular complexity index is 2740. The van der Waals surface area contributed by atoms with Gasteiger partial charge in [0.1, 0.15) is 11.6 Å². The third-order valence-corrected chi connectivity index (χ3v) is 14.8. The van der Waals surface area contributed by atoms with E-state index in [9.17, 15) is 67.1 Å². The number of amides is 8. The molecule has 3 atom stereocenters. The minimum absolute atomic E-state index is 0.0249. The van der Waals surface area contributed by atoms with Crippen molar-refractivity contribution in [3.05, 3.63) is 83.9 Å². The number of carbonyl (C=O) groups excluding carboxylic acids is 14. The van der Waals surface area contributed by atoms with Gasteiger partial charge in [0.05, 0.1) is 39.0 Å². The fourth-order valence-electron chi connectivity index (χ4n) is 9.49. The summed E-state index contributed by atoms with van der Waals surface area (Å²) in [6.45, 7) is 12.6. The van der Waals surface area contributed by atoms with Crippen LogP contribution in [0.3, 0.4) is 0 Å². The van der Waals surface area contributed by atoms with Crippen LogP contribution in [0.2, 0.25) is 0 Å². The first-order chi connectivity index (χ1) is 45.6. The number of unbranched alkanes of at least 4 members (excludes halogenated alkanes) is 5. The molecule has 2 aliphatic rings. The molecular formula is C70H102N6O19. The van der Waals surface area contributed by atoms with Gasteiger partial charge in [-0.2, -0.15) is 0 Å². The predicted molar refractivity (Wildman–Crippen MR) is 351 cm³/mol. The number of carbonyl (C=O) groups is 14. The number of Topliss-reactive ketones (excluding diaryl/α,β-unsaturated/α-hetero) is 5. The largest absolute Gasteiger partial charge is 0.533 e. The summed E-state index contributed by atoms with van der Waals surface area (Å²) in [5, 5.41) is 11.4. The maximum Gasteiger partial charge on any atom is 0.533 e. The summed E-state index contributed by atoms with van der Waals surface area (Å²) in [4.78, 5) is 173. The summed E-state index contributed by atoms with van der Waals surface area (Å²) in [7, 11) is 1.62. The van der Waals surface area contributed by atoms with Crippen molar-refractivity contribution >= 4 is 82.3 Å². The van der Waals surface area contributed by atoms with Gasteiger partial charge in [-0.3, -0.25) is 67.3 Å². The van der Waals surface area contributed by atoms with Crippen LogP contribution >= 0.6 is 0 Å². The number of imide groups is 2. The number of ketones is 5. The topological polar surface area (TPSA) is 340 Å². The third kappa shape index (κ3) is 39.3. The van der Waals surface area contributed by atoms with Crippen molar-refractivity contribution in [1.29, 1.82) is 0 Å². The smallest absolute Gasteiger partial charge is 0.433 e. The zero-order chi connectivity index (χ0) is 70.2. The number of nitrogens with zero attached hydrogens (tertiary/aromatic N) is 2. The molecule has 1 saturated heterocycles. The van der Waals surface area contributed by atoms with Gasteiger partial charge in [-0.05, 0) is 88.2 Å². The van der Waals surface area contributed by atoms with Crippen molar-refractivity contribution in [2.45, 2.75) is 182 Å². The molecule has 2 aromatic rings. The van der Waals surface area contributed by atoms with Crippen molar-refractivity contribution in [1.82, 2.24) is 31.2 Å². The maximum absolute atomic E-state index is 13.3. The van der Waals surface area contributed by atoms with Crippen molar-refractivity contribution in [3.63, 3.8) is 0 Å². The minimum Gasteiger partial charge on any atom is -0.433 e. The van der Waals surface area contributed by atoms with Gasteiger partial charge in [0.15, 0.2) is 17.3 Å². The van der Waals surface area contributed by atoms with E-state index in [2.05, 4.69) is 26.1 Å². The molecule has 8 amide bonds. The van der Waals surface area contributed by atoms with Crippen LogP contribution < -0.4 is 21.3 Å². The number of hydrogen-bond donors (Lipinski definition) is 4. The number of nitrogens with one attached hydrogen (secondary N) is 4. The molecule has 2 aliphatic heterocycles. The predicted octanol–water partition coefficient (Wildman–Crippen LogP) is 6.92. The van der Waals surface area contributed by atoms with Gasteiger partial charge in [-0.15, -0.1) is 0 Å². The molecule has 526 valence electrons. The summed E-state index contributed by atoms with van der Waals surface area (Å²) >= 11 is 0. The van der Waals surface area contributed by atoms with Gasteiger partial charge in [0.2, 0.25) is 23.6 Å². The quantitative estimate of drug-likeness (QED) is 0.0297. The highest BCUT2D eigenvalue weighted by molar-refractivity contribution is 6.13. The van der Waals surface area contributed by atoms with E-state index in [0.717, 1.165) is 54.6 Å². The van der Waals surface area contributed by atoms with Crippen LogP contribution in [0, 0.1) is 17.8 Å². The number of methoxy groups -OCH3 is 1. The Morgan fingerprint density at radius 3 is 1.67 bits per heavy atom. The summed E-state index contributed by atoms with van der Waals surface area (Å²) in [5.41, 5.74) is 1.87. The Morgan fingerprint density at radius 2 is 1.09 bits per heavy atom. The third-order valence-electron chi connectivity index (χ3n) is 14.8. The lowest BCUT2D eigenvalue weighted by Gasteiger charge is -2.23. The highest BCUT2D eigenvalue weighted by Gasteiger charge is 2.34. The summed E-state index contributed by atoms with van der Waals surface area (Å²) in [6, 6.07) is 18.1. The molecule has 95 heavy (non-hydrogen) atoms. The van der Waals surface area contributed by atoms with Crippen molar-refractivity contribution in [2.24, 2.45) is 17.8 Å². The fourth-order valence-corrected chi connectivity index (χ4v) is 9.49. The molecule has 2 aromatic carbocycles. The summed E-state index contributed by atoms with van der Waals surface area (Å²) in [5.74, 6) is -4.38. The van der Waals surface area contributed by atoms with Crippen LogP contribution in [0.1, 0.15) is 174 Å². The Kier molecular flexibility index (Phi) is 43.9. The number of benzene rings is 2. The molecule has 4 N–H and O–H groups in total. The summed E-state index contributed by atoms with van der Waals surface area (Å²) < 4.78 is 20.5. The zero-order valence-corrected chi connectivity index (χ0v) is 56.5. The molecule has 0 saturated carbocycles. The molecule has 0 spiro atoms. The van der Waals surface area contributed by atoms with E-state index in [0.29, 0.717) is 96.0 Å². The SMILES string of the molecule is CC(=O)CC(Cc1ccccc1)C(=O)NCC(=O)CCCCCOCCCCOC(=O)ON1C(=O)CCC1=O.CCCCNC(=O)CCC(=O)C(CC(C)C)NC(=O)C(CC(=O)CNC(=O)CC)Cc1ccccc1.COCCOCCCCC(=O)CCN1C(=O)C=CC1=O. The lowest BCUT2D eigenvalue weighted by atomic mass is 9.91. The van der Waals surface area contributed by atoms with Crippen LogP contribution in [0.5, 0.6) is 0 Å². The second-order valence-electron chi connectivity index (χ2n) is 23.6. The average molecular weight is 1330 g/mol. The van der Waals surface area contributed by atoms with E-state index < -0.39 is 35.8 Å². The maximum atomic E-state index is 13.3. The van der Waals surface area contributed by atoms with Gasteiger partial charge >= 0.3 is 6.16 Å². The zero-order valence-electron chi connectivity index (χ0n) is 56.5. The fraction of sp³-hybridized carbons (Fsp3) is 0.600. The average Bonchev–Trinajstić information content (AvgIpc) is 1.92. The molecule has 0 aliphatic carbocycles. The lowest BCUT2D eigenvalue weighted by molar-refractivity contribution is -0.177. The molecule has 25 heteroatoms. The van der Waals surface area contributed by atoms with Crippen LogP contribution in [0.15, 0.2) is 72.8 Å². The molecule has 3 unspecified atom stereocenters. The second-order valence-corrected chi connectivity index (χ2v) is 23.6. The van der Waals surface area contributed by atoms with Crippen molar-refractivity contribution in [2.75, 3.05) is 72.9 Å². The number of rotatable bonds is 48. The van der Waals surface area contributed by atoms with E-state index in [4.69, 9.17) is 18.9 Å². The highest BCUT2D eigenvalue weighted by Crippen LogP contribution is 2.18. The molecule has 2 heterocycles. The van der Waals surface area contributed by atoms with E-state index >= 15 is 0 Å². The molecule has 4 rings (SSSR count). The van der Waals surface area contributed by atoms with Gasteiger partial charge in [0, 0.05) is 128 Å². The number of hydroxylamine groups is 2. The van der Waals surface area contributed by atoms with Gasteiger partial charge in [0.25, 0.3) is 23.6 Å². The molecule has 0 bridgehead atoms. The normalized spacial score (nSPS) is 13.4. The Hall–Kier alpha value is -8.16. The molecule has 0 radical (unpaired) electrons. The Balaban J connectivity index is 0.000000509. The first-order valence-corrected chi connectivity index (χ1v) is 33.2. The standard InChI is InChI=1S/C28H43N3O5.C28H38N2O9.C14H21NO5/c1-5-7-15-29-27(35)14-13-25(33)24(16-20(3)4)31-28(36)22(17-21-11-9-8-10-12-21)18-23(32)19-30-26(34)6-2;1-21(31)18-23(19-22-10-4-2-5-11-22)27(35)29-20-24(32)12-6-3-7-15-37-16-8-9-17-38-28(36)39-30-25(33)13-14-26(30)34;1-19-10-11-20-9-3-2-4-12(16)7-8-15-13(17)5-6-14(15)18/h8-12,20,22,24H,5-7,13-19H2,1-4H3,(H,29,35)(H,30,34)(H,31,36);2,4-5,10-11,23H,3,6-9,12-20H2,1H3,(H,29,35);5-6H,2-4,7-11H2,1H3. The van der Waals surface area contributed by atoms with Crippen LogP contribution in [-0.4, -0.2) is 171 Å². The first kappa shape index (κ1) is 82.9. The van der Waals surface area contributed by atoms with Crippen molar-refractivity contribution in [3.8, 4) is 0 Å². The summed E-state index contributed by atoms with van der Waals surface area (Å²) in [6.07, 6.45) is 11.1. The minimum atomic E-state index is -1.09. The van der Waals surface area contributed by atoms with Crippen LogP contribution in [0.4, 0.5) is 4.79 Å². The van der Waals surface area contributed by atoms with E-state index in [-0.39, 0.29) is 148 Å². The first-order valence-electron chi connectivity index (χ1n) is 33.2. The Morgan fingerprint density at radius 1 is 0.547 bits per heavy atom.